The third kappa shape index (κ3) is 2.23. The van der Waals surface area contributed by atoms with E-state index < -0.39 is 15.8 Å². The van der Waals surface area contributed by atoms with Crippen LogP contribution in [0.25, 0.3) is 0 Å². The van der Waals surface area contributed by atoms with Crippen molar-refractivity contribution in [2.24, 2.45) is 0 Å². The third-order valence-electron chi connectivity index (χ3n) is 2.54. The zero-order chi connectivity index (χ0) is 11.8. The molecule has 0 bridgehead atoms. The molecule has 2 N–H and O–H groups in total. The molecule has 1 aromatic rings. The highest BCUT2D eigenvalue weighted by molar-refractivity contribution is 7.89. The van der Waals surface area contributed by atoms with E-state index in [9.17, 15) is 12.8 Å². The van der Waals surface area contributed by atoms with E-state index in [1.165, 1.54) is 12.1 Å². The van der Waals surface area contributed by atoms with Crippen LogP contribution in [0.1, 0.15) is 5.56 Å². The van der Waals surface area contributed by atoms with Crippen molar-refractivity contribution in [3.63, 3.8) is 0 Å². The van der Waals surface area contributed by atoms with Crippen molar-refractivity contribution in [1.29, 1.82) is 0 Å². The van der Waals surface area contributed by atoms with Gasteiger partial charge in [-0.3, -0.25) is 0 Å². The molecule has 2 rings (SSSR count). The monoisotopic (exact) mass is 244 g/mol. The first-order valence-electron chi connectivity index (χ1n) is 4.98. The summed E-state index contributed by atoms with van der Waals surface area (Å²) in [5.74, 6) is -0.544. The molecule has 0 radical (unpaired) electrons. The summed E-state index contributed by atoms with van der Waals surface area (Å²) >= 11 is 0. The van der Waals surface area contributed by atoms with Crippen molar-refractivity contribution in [3.05, 3.63) is 29.6 Å². The summed E-state index contributed by atoms with van der Waals surface area (Å²) in [4.78, 5) is 0.0133. The van der Waals surface area contributed by atoms with Gasteiger partial charge in [-0.1, -0.05) is 6.07 Å². The van der Waals surface area contributed by atoms with Gasteiger partial charge in [-0.2, -0.15) is 0 Å². The quantitative estimate of drug-likeness (QED) is 0.808. The van der Waals surface area contributed by atoms with Gasteiger partial charge in [0.25, 0.3) is 0 Å². The molecule has 1 fully saturated rings. The second kappa shape index (κ2) is 4.12. The standard InChI is InChI=1S/C10H13FN2O2S/c1-7-2-3-8(11)4-10(7)16(14,15)13-9-5-12-6-9/h2-4,9,12-13H,5-6H2,1H3. The lowest BCUT2D eigenvalue weighted by atomic mass is 10.2. The molecule has 0 saturated carbocycles. The molecule has 0 spiro atoms. The van der Waals surface area contributed by atoms with Gasteiger partial charge >= 0.3 is 0 Å². The topological polar surface area (TPSA) is 58.2 Å². The van der Waals surface area contributed by atoms with Gasteiger partial charge in [-0.25, -0.2) is 17.5 Å². The lowest BCUT2D eigenvalue weighted by Gasteiger charge is -2.27. The second-order valence-electron chi connectivity index (χ2n) is 3.89. The number of hydrogen-bond acceptors (Lipinski definition) is 3. The molecule has 0 aliphatic carbocycles. The van der Waals surface area contributed by atoms with Gasteiger partial charge in [0, 0.05) is 19.1 Å². The molecule has 1 aliphatic rings. The predicted octanol–water partition coefficient (Wildman–Crippen LogP) is 0.384. The van der Waals surface area contributed by atoms with Crippen LogP contribution in [-0.2, 0) is 10.0 Å². The van der Waals surface area contributed by atoms with E-state index in [2.05, 4.69) is 10.0 Å². The van der Waals surface area contributed by atoms with Gasteiger partial charge in [0.1, 0.15) is 5.82 Å². The summed E-state index contributed by atoms with van der Waals surface area (Å²) in [6, 6.07) is 3.67. The van der Waals surface area contributed by atoms with Crippen molar-refractivity contribution in [2.45, 2.75) is 17.9 Å². The fourth-order valence-electron chi connectivity index (χ4n) is 1.52. The van der Waals surface area contributed by atoms with Crippen LogP contribution in [-0.4, -0.2) is 27.5 Å². The largest absolute Gasteiger partial charge is 0.313 e. The highest BCUT2D eigenvalue weighted by Crippen LogP contribution is 2.16. The maximum Gasteiger partial charge on any atom is 0.241 e. The van der Waals surface area contributed by atoms with E-state index in [4.69, 9.17) is 0 Å². The van der Waals surface area contributed by atoms with Gasteiger partial charge in [0.15, 0.2) is 0 Å². The maximum atomic E-state index is 13.0. The number of benzene rings is 1. The number of hydrogen-bond donors (Lipinski definition) is 2. The Hall–Kier alpha value is -0.980. The molecule has 1 heterocycles. The van der Waals surface area contributed by atoms with Crippen LogP contribution in [0.3, 0.4) is 0 Å². The molecule has 4 nitrogen and oxygen atoms in total. The number of sulfonamides is 1. The average molecular weight is 244 g/mol. The fraction of sp³-hybridized carbons (Fsp3) is 0.400. The van der Waals surface area contributed by atoms with E-state index in [0.717, 1.165) is 6.07 Å². The molecule has 0 amide bonds. The average Bonchev–Trinajstić information content (AvgIpc) is 2.16. The van der Waals surface area contributed by atoms with Crippen LogP contribution < -0.4 is 10.0 Å². The Balaban J connectivity index is 2.30. The van der Waals surface area contributed by atoms with Crippen LogP contribution in [0.2, 0.25) is 0 Å². The molecular weight excluding hydrogens is 231 g/mol. The molecule has 1 aliphatic heterocycles. The van der Waals surface area contributed by atoms with Gasteiger partial charge < -0.3 is 5.32 Å². The van der Waals surface area contributed by atoms with Crippen molar-refractivity contribution >= 4 is 10.0 Å². The summed E-state index contributed by atoms with van der Waals surface area (Å²) < 4.78 is 39.3. The minimum Gasteiger partial charge on any atom is -0.313 e. The summed E-state index contributed by atoms with van der Waals surface area (Å²) in [6.07, 6.45) is 0. The molecule has 0 aromatic heterocycles. The maximum absolute atomic E-state index is 13.0. The molecular formula is C10H13FN2O2S. The molecule has 1 aromatic carbocycles. The van der Waals surface area contributed by atoms with Crippen molar-refractivity contribution in [1.82, 2.24) is 10.0 Å². The van der Waals surface area contributed by atoms with Crippen LogP contribution in [0.4, 0.5) is 4.39 Å². The Morgan fingerprint density at radius 1 is 1.44 bits per heavy atom. The minimum atomic E-state index is -3.60. The van der Waals surface area contributed by atoms with E-state index in [-0.39, 0.29) is 10.9 Å². The van der Waals surface area contributed by atoms with E-state index >= 15 is 0 Å². The van der Waals surface area contributed by atoms with Crippen LogP contribution in [0.15, 0.2) is 23.1 Å². The van der Waals surface area contributed by atoms with Crippen molar-refractivity contribution < 1.29 is 12.8 Å². The van der Waals surface area contributed by atoms with Crippen LogP contribution in [0, 0.1) is 12.7 Å². The lowest BCUT2D eigenvalue weighted by Crippen LogP contribution is -2.56. The number of halogens is 1. The summed E-state index contributed by atoms with van der Waals surface area (Å²) in [5, 5.41) is 2.96. The molecule has 16 heavy (non-hydrogen) atoms. The summed E-state index contributed by atoms with van der Waals surface area (Å²) in [6.45, 7) is 2.88. The summed E-state index contributed by atoms with van der Waals surface area (Å²) in [7, 11) is -3.60. The second-order valence-corrected chi connectivity index (χ2v) is 5.57. The molecule has 0 unspecified atom stereocenters. The molecule has 6 heteroatoms. The van der Waals surface area contributed by atoms with Crippen molar-refractivity contribution in [2.75, 3.05) is 13.1 Å². The number of nitrogens with one attached hydrogen (secondary N) is 2. The first-order chi connectivity index (χ1) is 7.49. The SMILES string of the molecule is Cc1ccc(F)cc1S(=O)(=O)NC1CNC1. The molecule has 88 valence electrons. The Morgan fingerprint density at radius 2 is 2.12 bits per heavy atom. The normalized spacial score (nSPS) is 17.1. The minimum absolute atomic E-state index is 0.0133. The Labute approximate surface area is 93.9 Å². The van der Waals surface area contributed by atoms with Gasteiger partial charge in [0.05, 0.1) is 4.90 Å². The smallest absolute Gasteiger partial charge is 0.241 e. The van der Waals surface area contributed by atoms with E-state index in [0.29, 0.717) is 18.7 Å². The zero-order valence-electron chi connectivity index (χ0n) is 8.83. The third-order valence-corrected chi connectivity index (χ3v) is 4.21. The molecule has 0 atom stereocenters. The Morgan fingerprint density at radius 3 is 2.69 bits per heavy atom. The van der Waals surface area contributed by atoms with Gasteiger partial charge in [-0.05, 0) is 24.6 Å². The van der Waals surface area contributed by atoms with Crippen molar-refractivity contribution in [3.8, 4) is 0 Å². The predicted molar refractivity (Wildman–Crippen MR) is 58.1 cm³/mol. The summed E-state index contributed by atoms with van der Waals surface area (Å²) in [5.41, 5.74) is 0.543. The Kier molecular flexibility index (Phi) is 2.96. The van der Waals surface area contributed by atoms with Gasteiger partial charge in [0.2, 0.25) is 10.0 Å². The zero-order valence-corrected chi connectivity index (χ0v) is 9.64. The van der Waals surface area contributed by atoms with E-state index in [1.54, 1.807) is 6.92 Å². The Bertz CT molecular complexity index is 498. The van der Waals surface area contributed by atoms with Crippen LogP contribution in [0.5, 0.6) is 0 Å². The lowest BCUT2D eigenvalue weighted by molar-refractivity contribution is 0.410. The first-order valence-corrected chi connectivity index (χ1v) is 6.46. The highest BCUT2D eigenvalue weighted by Gasteiger charge is 2.25. The van der Waals surface area contributed by atoms with Gasteiger partial charge in [-0.15, -0.1) is 0 Å². The van der Waals surface area contributed by atoms with Crippen LogP contribution >= 0.6 is 0 Å². The first kappa shape index (κ1) is 11.5. The molecule has 1 saturated heterocycles. The van der Waals surface area contributed by atoms with E-state index in [1.807, 2.05) is 0 Å². The number of rotatable bonds is 3. The highest BCUT2D eigenvalue weighted by atomic mass is 32.2. The number of aryl methyl sites for hydroxylation is 1. The fourth-order valence-corrected chi connectivity index (χ4v) is 3.01.